The second-order valence-corrected chi connectivity index (χ2v) is 5.69. The summed E-state index contributed by atoms with van der Waals surface area (Å²) in [6, 6.07) is 17.2. The van der Waals surface area contributed by atoms with Gasteiger partial charge in [-0.05, 0) is 47.2 Å². The van der Waals surface area contributed by atoms with Crippen LogP contribution in [0.4, 0.5) is 11.4 Å². The second-order valence-electron chi connectivity index (χ2n) is 5.69. The lowest BCUT2D eigenvalue weighted by Gasteiger charge is -2.15. The summed E-state index contributed by atoms with van der Waals surface area (Å²) in [7, 11) is 0. The van der Waals surface area contributed by atoms with E-state index in [4.69, 9.17) is 0 Å². The Morgan fingerprint density at radius 2 is 1.21 bits per heavy atom. The molecule has 0 saturated carbocycles. The Labute approximate surface area is 116 Å². The molecular formula is C18H23N. The van der Waals surface area contributed by atoms with Crippen molar-refractivity contribution >= 4 is 11.4 Å². The van der Waals surface area contributed by atoms with Crippen LogP contribution in [0.3, 0.4) is 0 Å². The minimum absolute atomic E-state index is 0.551. The quantitative estimate of drug-likeness (QED) is 0.739. The lowest BCUT2D eigenvalue weighted by Crippen LogP contribution is -1.97. The molecule has 0 atom stereocenters. The van der Waals surface area contributed by atoms with Gasteiger partial charge in [0.15, 0.2) is 0 Å². The van der Waals surface area contributed by atoms with Crippen LogP contribution in [0.25, 0.3) is 0 Å². The molecule has 2 aromatic carbocycles. The van der Waals surface area contributed by atoms with Crippen LogP contribution in [-0.4, -0.2) is 0 Å². The lowest BCUT2D eigenvalue weighted by atomic mass is 9.95. The van der Waals surface area contributed by atoms with E-state index in [1.165, 1.54) is 16.8 Å². The van der Waals surface area contributed by atoms with E-state index in [1.807, 2.05) is 6.07 Å². The Morgan fingerprint density at radius 3 is 1.68 bits per heavy atom. The summed E-state index contributed by atoms with van der Waals surface area (Å²) in [4.78, 5) is 0. The molecule has 2 rings (SSSR count). The predicted molar refractivity (Wildman–Crippen MR) is 84.3 cm³/mol. The highest BCUT2D eigenvalue weighted by atomic mass is 14.9. The molecule has 0 aromatic heterocycles. The molecule has 0 heterocycles. The van der Waals surface area contributed by atoms with Crippen LogP contribution in [-0.2, 0) is 0 Å². The standard InChI is InChI=1S/C18H23N/c1-13(2)15-10-16(14(3)4)12-18(11-15)19-17-8-6-5-7-9-17/h5-14,19H,1-4H3. The van der Waals surface area contributed by atoms with Crippen molar-refractivity contribution in [3.63, 3.8) is 0 Å². The van der Waals surface area contributed by atoms with Crippen LogP contribution in [0.1, 0.15) is 50.7 Å². The Balaban J connectivity index is 2.34. The van der Waals surface area contributed by atoms with E-state index in [9.17, 15) is 0 Å². The highest BCUT2D eigenvalue weighted by Crippen LogP contribution is 2.27. The van der Waals surface area contributed by atoms with Gasteiger partial charge in [0.2, 0.25) is 0 Å². The molecular weight excluding hydrogens is 230 g/mol. The molecule has 1 nitrogen and oxygen atoms in total. The van der Waals surface area contributed by atoms with E-state index in [-0.39, 0.29) is 0 Å². The van der Waals surface area contributed by atoms with Crippen molar-refractivity contribution in [1.82, 2.24) is 0 Å². The SMILES string of the molecule is CC(C)c1cc(Nc2ccccc2)cc(C(C)C)c1. The summed E-state index contributed by atoms with van der Waals surface area (Å²) in [6.07, 6.45) is 0. The normalized spacial score (nSPS) is 11.1. The van der Waals surface area contributed by atoms with Crippen LogP contribution in [0.5, 0.6) is 0 Å². The van der Waals surface area contributed by atoms with E-state index in [1.54, 1.807) is 0 Å². The molecule has 0 aliphatic heterocycles. The molecule has 1 heteroatoms. The molecule has 0 saturated heterocycles. The smallest absolute Gasteiger partial charge is 0.0389 e. The Morgan fingerprint density at radius 1 is 0.684 bits per heavy atom. The average Bonchev–Trinajstić information content (AvgIpc) is 2.39. The highest BCUT2D eigenvalue weighted by molar-refractivity contribution is 5.61. The summed E-state index contributed by atoms with van der Waals surface area (Å²) in [5, 5.41) is 3.49. The summed E-state index contributed by atoms with van der Waals surface area (Å²) in [5.41, 5.74) is 5.11. The van der Waals surface area contributed by atoms with Crippen molar-refractivity contribution < 1.29 is 0 Å². The van der Waals surface area contributed by atoms with Crippen LogP contribution < -0.4 is 5.32 Å². The van der Waals surface area contributed by atoms with Gasteiger partial charge in [0.1, 0.15) is 0 Å². The van der Waals surface area contributed by atoms with E-state index >= 15 is 0 Å². The van der Waals surface area contributed by atoms with E-state index in [2.05, 4.69) is 75.5 Å². The first-order valence-corrected chi connectivity index (χ1v) is 7.03. The van der Waals surface area contributed by atoms with Gasteiger partial charge in [-0.1, -0.05) is 52.0 Å². The number of anilines is 2. The fraction of sp³-hybridized carbons (Fsp3) is 0.333. The summed E-state index contributed by atoms with van der Waals surface area (Å²) in [5.74, 6) is 1.10. The number of hydrogen-bond donors (Lipinski definition) is 1. The first-order valence-electron chi connectivity index (χ1n) is 7.03. The van der Waals surface area contributed by atoms with Crippen LogP contribution in [0.2, 0.25) is 0 Å². The number of para-hydroxylation sites is 1. The third-order valence-electron chi connectivity index (χ3n) is 3.37. The lowest BCUT2D eigenvalue weighted by molar-refractivity contribution is 0.834. The van der Waals surface area contributed by atoms with Gasteiger partial charge in [-0.3, -0.25) is 0 Å². The van der Waals surface area contributed by atoms with Crippen molar-refractivity contribution in [2.45, 2.75) is 39.5 Å². The zero-order chi connectivity index (χ0) is 13.8. The van der Waals surface area contributed by atoms with Crippen LogP contribution >= 0.6 is 0 Å². The maximum Gasteiger partial charge on any atom is 0.0389 e. The Hall–Kier alpha value is -1.76. The first-order chi connectivity index (χ1) is 9.06. The first kappa shape index (κ1) is 13.7. The van der Waals surface area contributed by atoms with Crippen LogP contribution in [0.15, 0.2) is 48.5 Å². The maximum atomic E-state index is 3.49. The van der Waals surface area contributed by atoms with Gasteiger partial charge in [-0.25, -0.2) is 0 Å². The second kappa shape index (κ2) is 5.92. The van der Waals surface area contributed by atoms with E-state index < -0.39 is 0 Å². The molecule has 0 bridgehead atoms. The van der Waals surface area contributed by atoms with Crippen molar-refractivity contribution in [3.8, 4) is 0 Å². The van der Waals surface area contributed by atoms with Gasteiger partial charge in [0.05, 0.1) is 0 Å². The fourth-order valence-electron chi connectivity index (χ4n) is 2.10. The topological polar surface area (TPSA) is 12.0 Å². The molecule has 0 fully saturated rings. The molecule has 0 radical (unpaired) electrons. The molecule has 0 spiro atoms. The maximum absolute atomic E-state index is 3.49. The molecule has 0 amide bonds. The van der Waals surface area contributed by atoms with Crippen molar-refractivity contribution in [2.75, 3.05) is 5.32 Å². The molecule has 19 heavy (non-hydrogen) atoms. The molecule has 2 aromatic rings. The minimum Gasteiger partial charge on any atom is -0.356 e. The number of hydrogen-bond acceptors (Lipinski definition) is 1. The highest BCUT2D eigenvalue weighted by Gasteiger charge is 2.07. The third kappa shape index (κ3) is 3.60. The van der Waals surface area contributed by atoms with Crippen LogP contribution in [0, 0.1) is 0 Å². The average molecular weight is 253 g/mol. The largest absolute Gasteiger partial charge is 0.356 e. The minimum atomic E-state index is 0.551. The van der Waals surface area contributed by atoms with Gasteiger partial charge in [-0.15, -0.1) is 0 Å². The van der Waals surface area contributed by atoms with Crippen molar-refractivity contribution in [3.05, 3.63) is 59.7 Å². The van der Waals surface area contributed by atoms with E-state index in [0.29, 0.717) is 11.8 Å². The fourth-order valence-corrected chi connectivity index (χ4v) is 2.10. The Bertz CT molecular complexity index is 500. The summed E-state index contributed by atoms with van der Waals surface area (Å²) < 4.78 is 0. The zero-order valence-corrected chi connectivity index (χ0v) is 12.3. The van der Waals surface area contributed by atoms with Gasteiger partial charge in [0.25, 0.3) is 0 Å². The molecule has 0 aliphatic rings. The van der Waals surface area contributed by atoms with Crippen molar-refractivity contribution in [1.29, 1.82) is 0 Å². The van der Waals surface area contributed by atoms with Gasteiger partial charge < -0.3 is 5.32 Å². The zero-order valence-electron chi connectivity index (χ0n) is 12.3. The molecule has 1 N–H and O–H groups in total. The number of rotatable bonds is 4. The van der Waals surface area contributed by atoms with Gasteiger partial charge >= 0.3 is 0 Å². The summed E-state index contributed by atoms with van der Waals surface area (Å²) in [6.45, 7) is 8.97. The van der Waals surface area contributed by atoms with E-state index in [0.717, 1.165) is 5.69 Å². The molecule has 0 unspecified atom stereocenters. The van der Waals surface area contributed by atoms with Gasteiger partial charge in [0, 0.05) is 11.4 Å². The number of nitrogens with one attached hydrogen (secondary N) is 1. The molecule has 100 valence electrons. The third-order valence-corrected chi connectivity index (χ3v) is 3.37. The predicted octanol–water partition coefficient (Wildman–Crippen LogP) is 5.68. The summed E-state index contributed by atoms with van der Waals surface area (Å²) >= 11 is 0. The van der Waals surface area contributed by atoms with Gasteiger partial charge in [-0.2, -0.15) is 0 Å². The molecule has 0 aliphatic carbocycles. The Kier molecular flexibility index (Phi) is 4.26. The van der Waals surface area contributed by atoms with Crippen molar-refractivity contribution in [2.24, 2.45) is 0 Å². The number of benzene rings is 2. The monoisotopic (exact) mass is 253 g/mol.